The molecular weight excluding hydrogens is 306 g/mol. The molecule has 1 heterocycles. The molecule has 2 amide bonds. The Morgan fingerprint density at radius 1 is 1.38 bits per heavy atom. The zero-order valence-corrected chi connectivity index (χ0v) is 14.5. The van der Waals surface area contributed by atoms with Gasteiger partial charge in [-0.25, -0.2) is 4.79 Å². The van der Waals surface area contributed by atoms with Crippen LogP contribution in [0.5, 0.6) is 0 Å². The third-order valence-electron chi connectivity index (χ3n) is 4.31. The first-order valence-corrected chi connectivity index (χ1v) is 8.54. The van der Waals surface area contributed by atoms with E-state index in [1.54, 1.807) is 16.7 Å². The minimum Gasteiger partial charge on any atom is -0.445 e. The molecule has 1 saturated heterocycles. The van der Waals surface area contributed by atoms with E-state index in [2.05, 4.69) is 0 Å². The largest absolute Gasteiger partial charge is 0.445 e. The number of hydrogen-bond acceptors (Lipinski definition) is 4. The second kappa shape index (κ2) is 8.68. The minimum atomic E-state index is -0.523. The average Bonchev–Trinajstić information content (AvgIpc) is 2.61. The second-order valence-electron chi connectivity index (χ2n) is 6.20. The fourth-order valence-electron chi connectivity index (χ4n) is 3.04. The number of nitrogens with zero attached hydrogens (tertiary/aromatic N) is 2. The third kappa shape index (κ3) is 4.71. The predicted octanol–water partition coefficient (Wildman–Crippen LogP) is 1.98. The first-order valence-electron chi connectivity index (χ1n) is 8.54. The summed E-state index contributed by atoms with van der Waals surface area (Å²) in [5.41, 5.74) is 6.69. The van der Waals surface area contributed by atoms with Gasteiger partial charge in [0.25, 0.3) is 0 Å². The molecule has 1 fully saturated rings. The molecule has 6 heteroatoms. The van der Waals surface area contributed by atoms with E-state index in [1.807, 2.05) is 37.3 Å². The Kier molecular flexibility index (Phi) is 6.61. The standard InChI is InChI=1S/C18H27N3O3/c1-3-21(17(22)14(2)19)16-10-7-11-20(12-16)18(23)24-13-15-8-5-4-6-9-15/h4-6,8-9,14,16H,3,7,10-13,19H2,1-2H3. The van der Waals surface area contributed by atoms with Crippen LogP contribution in [0.2, 0.25) is 0 Å². The van der Waals surface area contributed by atoms with Crippen LogP contribution >= 0.6 is 0 Å². The molecule has 24 heavy (non-hydrogen) atoms. The number of amides is 2. The van der Waals surface area contributed by atoms with Crippen molar-refractivity contribution in [2.24, 2.45) is 5.73 Å². The van der Waals surface area contributed by atoms with Crippen LogP contribution in [-0.4, -0.2) is 53.5 Å². The van der Waals surface area contributed by atoms with Crippen LogP contribution in [-0.2, 0) is 16.1 Å². The van der Waals surface area contributed by atoms with Gasteiger partial charge in [-0.1, -0.05) is 30.3 Å². The first kappa shape index (κ1) is 18.3. The van der Waals surface area contributed by atoms with E-state index in [0.29, 0.717) is 19.6 Å². The SMILES string of the molecule is CCN(C(=O)C(C)N)C1CCCN(C(=O)OCc2ccccc2)C1. The summed E-state index contributed by atoms with van der Waals surface area (Å²) in [5.74, 6) is -0.0676. The molecule has 1 aromatic rings. The van der Waals surface area contributed by atoms with Gasteiger partial charge in [0, 0.05) is 25.7 Å². The summed E-state index contributed by atoms with van der Waals surface area (Å²) in [6.45, 7) is 5.65. The average molecular weight is 333 g/mol. The van der Waals surface area contributed by atoms with Crippen molar-refractivity contribution in [3.63, 3.8) is 0 Å². The van der Waals surface area contributed by atoms with Crippen LogP contribution in [0.1, 0.15) is 32.3 Å². The molecule has 0 aliphatic carbocycles. The number of nitrogens with two attached hydrogens (primary N) is 1. The monoisotopic (exact) mass is 333 g/mol. The second-order valence-corrected chi connectivity index (χ2v) is 6.20. The lowest BCUT2D eigenvalue weighted by atomic mass is 10.0. The van der Waals surface area contributed by atoms with Crippen molar-refractivity contribution in [3.05, 3.63) is 35.9 Å². The van der Waals surface area contributed by atoms with Crippen molar-refractivity contribution in [3.8, 4) is 0 Å². The highest BCUT2D eigenvalue weighted by atomic mass is 16.6. The molecular formula is C18H27N3O3. The van der Waals surface area contributed by atoms with Crippen molar-refractivity contribution in [1.82, 2.24) is 9.80 Å². The Morgan fingerprint density at radius 3 is 2.71 bits per heavy atom. The van der Waals surface area contributed by atoms with Gasteiger partial charge in [-0.05, 0) is 32.3 Å². The van der Waals surface area contributed by atoms with Crippen LogP contribution in [0.4, 0.5) is 4.79 Å². The molecule has 0 saturated carbocycles. The van der Waals surface area contributed by atoms with Gasteiger partial charge in [0.15, 0.2) is 0 Å². The highest BCUT2D eigenvalue weighted by Crippen LogP contribution is 2.18. The molecule has 2 rings (SSSR count). The number of carbonyl (C=O) groups excluding carboxylic acids is 2. The van der Waals surface area contributed by atoms with Gasteiger partial charge in [0.05, 0.1) is 6.04 Å². The maximum absolute atomic E-state index is 12.3. The van der Waals surface area contributed by atoms with Crippen LogP contribution in [0, 0.1) is 0 Å². The Labute approximate surface area is 143 Å². The van der Waals surface area contributed by atoms with Gasteiger partial charge in [-0.2, -0.15) is 0 Å². The van der Waals surface area contributed by atoms with Gasteiger partial charge in [0.1, 0.15) is 6.61 Å². The maximum Gasteiger partial charge on any atom is 0.410 e. The summed E-state index contributed by atoms with van der Waals surface area (Å²) in [6, 6.07) is 9.09. The van der Waals surface area contributed by atoms with Crippen molar-refractivity contribution < 1.29 is 14.3 Å². The topological polar surface area (TPSA) is 75.9 Å². The Balaban J connectivity index is 1.91. The Morgan fingerprint density at radius 2 is 2.08 bits per heavy atom. The number of piperidine rings is 1. The quantitative estimate of drug-likeness (QED) is 0.894. The van der Waals surface area contributed by atoms with Crippen LogP contribution in [0.15, 0.2) is 30.3 Å². The number of likely N-dealkylation sites (tertiary alicyclic amines) is 1. The number of carbonyl (C=O) groups is 2. The van der Waals surface area contributed by atoms with Gasteiger partial charge in [-0.15, -0.1) is 0 Å². The predicted molar refractivity (Wildman–Crippen MR) is 92.3 cm³/mol. The van der Waals surface area contributed by atoms with Crippen molar-refractivity contribution >= 4 is 12.0 Å². The van der Waals surface area contributed by atoms with Crippen LogP contribution in [0.25, 0.3) is 0 Å². The zero-order valence-electron chi connectivity index (χ0n) is 14.5. The summed E-state index contributed by atoms with van der Waals surface area (Å²) >= 11 is 0. The van der Waals surface area contributed by atoms with Gasteiger partial charge in [-0.3, -0.25) is 4.79 Å². The summed E-state index contributed by atoms with van der Waals surface area (Å²) < 4.78 is 5.40. The van der Waals surface area contributed by atoms with E-state index in [9.17, 15) is 9.59 Å². The van der Waals surface area contributed by atoms with E-state index >= 15 is 0 Å². The lowest BCUT2D eigenvalue weighted by molar-refractivity contribution is -0.135. The minimum absolute atomic E-state index is 0.00604. The molecule has 1 aromatic carbocycles. The highest BCUT2D eigenvalue weighted by molar-refractivity contribution is 5.81. The highest BCUT2D eigenvalue weighted by Gasteiger charge is 2.31. The molecule has 1 aliphatic heterocycles. The van der Waals surface area contributed by atoms with Gasteiger partial charge >= 0.3 is 6.09 Å². The van der Waals surface area contributed by atoms with Crippen molar-refractivity contribution in [2.45, 2.75) is 45.4 Å². The molecule has 6 nitrogen and oxygen atoms in total. The molecule has 2 unspecified atom stereocenters. The fraction of sp³-hybridized carbons (Fsp3) is 0.556. The maximum atomic E-state index is 12.3. The van der Waals surface area contributed by atoms with E-state index < -0.39 is 6.04 Å². The van der Waals surface area contributed by atoms with E-state index in [-0.39, 0.29) is 24.6 Å². The Hall–Kier alpha value is -2.08. The number of rotatable bonds is 5. The molecule has 2 atom stereocenters. The Bertz CT molecular complexity index is 548. The molecule has 0 aromatic heterocycles. The molecule has 0 spiro atoms. The van der Waals surface area contributed by atoms with E-state index in [0.717, 1.165) is 18.4 Å². The molecule has 132 valence electrons. The smallest absolute Gasteiger partial charge is 0.410 e. The summed E-state index contributed by atoms with van der Waals surface area (Å²) in [7, 11) is 0. The van der Waals surface area contributed by atoms with Gasteiger partial charge in [0.2, 0.25) is 5.91 Å². The van der Waals surface area contributed by atoms with Gasteiger partial charge < -0.3 is 20.3 Å². The first-order chi connectivity index (χ1) is 11.5. The number of ether oxygens (including phenoxy) is 1. The number of likely N-dealkylation sites (N-methyl/N-ethyl adjacent to an activating group) is 1. The van der Waals surface area contributed by atoms with Crippen LogP contribution in [0.3, 0.4) is 0 Å². The lowest BCUT2D eigenvalue weighted by Gasteiger charge is -2.39. The zero-order chi connectivity index (χ0) is 17.5. The van der Waals surface area contributed by atoms with Crippen LogP contribution < -0.4 is 5.73 Å². The number of hydrogen-bond donors (Lipinski definition) is 1. The molecule has 0 bridgehead atoms. The summed E-state index contributed by atoms with van der Waals surface area (Å²) in [5, 5.41) is 0. The summed E-state index contributed by atoms with van der Waals surface area (Å²) in [4.78, 5) is 28.0. The molecule has 2 N–H and O–H groups in total. The molecule has 1 aliphatic rings. The van der Waals surface area contributed by atoms with Crippen molar-refractivity contribution in [2.75, 3.05) is 19.6 Å². The van der Waals surface area contributed by atoms with E-state index in [4.69, 9.17) is 10.5 Å². The molecule has 0 radical (unpaired) electrons. The van der Waals surface area contributed by atoms with E-state index in [1.165, 1.54) is 0 Å². The summed E-state index contributed by atoms with van der Waals surface area (Å²) in [6.07, 6.45) is 1.41. The number of benzene rings is 1. The normalized spacial score (nSPS) is 18.8. The lowest BCUT2D eigenvalue weighted by Crippen LogP contribution is -2.54. The third-order valence-corrected chi connectivity index (χ3v) is 4.31. The fourth-order valence-corrected chi connectivity index (χ4v) is 3.04. The van der Waals surface area contributed by atoms with Crippen molar-refractivity contribution in [1.29, 1.82) is 0 Å².